The Balaban J connectivity index is 1.95. The van der Waals surface area contributed by atoms with E-state index >= 15 is 0 Å². The van der Waals surface area contributed by atoms with Crippen LogP contribution in [0.4, 0.5) is 4.39 Å². The fourth-order valence-electron chi connectivity index (χ4n) is 4.81. The number of methoxy groups -OCH3 is 1. The van der Waals surface area contributed by atoms with Crippen molar-refractivity contribution in [2.45, 2.75) is 72.1 Å². The first kappa shape index (κ1) is 37.3. The molecule has 254 valence electrons. The van der Waals surface area contributed by atoms with Crippen molar-refractivity contribution in [1.29, 1.82) is 0 Å². The van der Waals surface area contributed by atoms with Gasteiger partial charge in [0.1, 0.15) is 23.7 Å². The lowest BCUT2D eigenvalue weighted by Gasteiger charge is -2.29. The highest BCUT2D eigenvalue weighted by molar-refractivity contribution is 6.32. The molecule has 3 rings (SSSR count). The minimum absolute atomic E-state index is 0.0126. The van der Waals surface area contributed by atoms with E-state index < -0.39 is 59.2 Å². The summed E-state index contributed by atoms with van der Waals surface area (Å²) in [5.74, 6) is -2.86. The van der Waals surface area contributed by atoms with Gasteiger partial charge in [-0.25, -0.2) is 9.18 Å². The predicted molar refractivity (Wildman–Crippen MR) is 178 cm³/mol. The lowest BCUT2D eigenvalue weighted by molar-refractivity contribution is -0.178. The van der Waals surface area contributed by atoms with Crippen molar-refractivity contribution in [2.75, 3.05) is 13.7 Å². The highest BCUT2D eigenvalue weighted by atomic mass is 35.5. The molecular weight excluding hydrogens is 627 g/mol. The second-order valence-corrected chi connectivity index (χ2v) is 13.1. The zero-order chi connectivity index (χ0) is 34.7. The fraction of sp³-hybridized carbons (Fsp3) is 0.444. The van der Waals surface area contributed by atoms with Gasteiger partial charge in [0.15, 0.2) is 6.10 Å². The van der Waals surface area contributed by atoms with Gasteiger partial charge in [0.2, 0.25) is 11.8 Å². The average molecular weight is 671 g/mol. The van der Waals surface area contributed by atoms with E-state index in [0.29, 0.717) is 21.9 Å². The van der Waals surface area contributed by atoms with E-state index in [-0.39, 0.29) is 31.7 Å². The normalized spacial score (nSPS) is 22.6. The van der Waals surface area contributed by atoms with Gasteiger partial charge in [-0.05, 0) is 56.0 Å². The Kier molecular flexibility index (Phi) is 13.6. The summed E-state index contributed by atoms with van der Waals surface area (Å²) in [6.45, 7) is 8.64. The van der Waals surface area contributed by atoms with Gasteiger partial charge in [0, 0.05) is 30.9 Å². The standard InChI is InChI=1S/C36H44ClFN2O7/c1-22(2)18-31-34(43)46-29(23(3)14-16-25-10-7-8-11-27(25)38)12-9-13-32(41)40-28(20-24-15-17-30(45-6)26(37)19-24)33(42)39-21-36(4,5)35(44)47-31/h7-11,13-17,19,22-23,28-29,31H,12,18,20-21H2,1-6H3,(H,39,42)(H,40,41)/b13-9+,16-14+/t23-,28-,29+,31+/m1/s1. The molecular formula is C36H44ClFN2O7. The lowest BCUT2D eigenvalue weighted by atomic mass is 9.93. The third-order valence-electron chi connectivity index (χ3n) is 7.72. The van der Waals surface area contributed by atoms with Crippen molar-refractivity contribution in [3.63, 3.8) is 0 Å². The summed E-state index contributed by atoms with van der Waals surface area (Å²) in [5.41, 5.74) is -0.188. The van der Waals surface area contributed by atoms with Crippen LogP contribution in [0.2, 0.25) is 5.02 Å². The molecule has 0 aromatic heterocycles. The number of carbonyl (C=O) groups is 4. The van der Waals surface area contributed by atoms with E-state index in [0.717, 1.165) is 0 Å². The number of cyclic esters (lactones) is 2. The van der Waals surface area contributed by atoms with Crippen molar-refractivity contribution in [3.8, 4) is 5.75 Å². The summed E-state index contributed by atoms with van der Waals surface area (Å²) in [4.78, 5) is 53.3. The summed E-state index contributed by atoms with van der Waals surface area (Å²) in [6, 6.07) is 10.3. The molecule has 0 saturated heterocycles. The largest absolute Gasteiger partial charge is 0.495 e. The highest BCUT2D eigenvalue weighted by Crippen LogP contribution is 2.26. The van der Waals surface area contributed by atoms with E-state index in [2.05, 4.69) is 10.6 Å². The smallest absolute Gasteiger partial charge is 0.347 e. The summed E-state index contributed by atoms with van der Waals surface area (Å²) < 4.78 is 31.1. The van der Waals surface area contributed by atoms with Gasteiger partial charge in [-0.2, -0.15) is 0 Å². The number of benzene rings is 2. The minimum atomic E-state index is -1.23. The van der Waals surface area contributed by atoms with Gasteiger partial charge >= 0.3 is 11.9 Å². The molecule has 0 radical (unpaired) electrons. The Morgan fingerprint density at radius 3 is 2.47 bits per heavy atom. The van der Waals surface area contributed by atoms with Gasteiger partial charge in [-0.15, -0.1) is 0 Å². The quantitative estimate of drug-likeness (QED) is 0.339. The van der Waals surface area contributed by atoms with Crippen molar-refractivity contribution >= 4 is 41.4 Å². The molecule has 2 aromatic rings. The molecule has 11 heteroatoms. The molecule has 0 bridgehead atoms. The molecule has 47 heavy (non-hydrogen) atoms. The number of hydrogen-bond donors (Lipinski definition) is 2. The summed E-state index contributed by atoms with van der Waals surface area (Å²) in [6.07, 6.45) is 4.58. The first-order chi connectivity index (χ1) is 22.2. The summed E-state index contributed by atoms with van der Waals surface area (Å²) in [5, 5.41) is 5.82. The van der Waals surface area contributed by atoms with Crippen LogP contribution in [0, 0.1) is 23.1 Å². The Morgan fingerprint density at radius 2 is 1.81 bits per heavy atom. The minimum Gasteiger partial charge on any atom is -0.495 e. The molecule has 4 atom stereocenters. The van der Waals surface area contributed by atoms with Gasteiger partial charge in [0.05, 0.1) is 17.5 Å². The number of hydrogen-bond acceptors (Lipinski definition) is 7. The van der Waals surface area contributed by atoms with Crippen molar-refractivity contribution < 1.29 is 37.8 Å². The first-order valence-electron chi connectivity index (χ1n) is 15.6. The maximum atomic E-state index is 14.3. The number of ether oxygens (including phenoxy) is 3. The Morgan fingerprint density at radius 1 is 1.09 bits per heavy atom. The molecule has 2 aromatic carbocycles. The summed E-state index contributed by atoms with van der Waals surface area (Å²) in [7, 11) is 1.49. The van der Waals surface area contributed by atoms with Crippen LogP contribution in [0.15, 0.2) is 60.7 Å². The maximum absolute atomic E-state index is 14.3. The number of halogens is 2. The second-order valence-electron chi connectivity index (χ2n) is 12.7. The molecule has 0 unspecified atom stereocenters. The zero-order valence-corrected chi connectivity index (χ0v) is 28.4. The second kappa shape index (κ2) is 17.1. The first-order valence-corrected chi connectivity index (χ1v) is 16.0. The molecule has 0 aliphatic carbocycles. The van der Waals surface area contributed by atoms with E-state index in [1.54, 1.807) is 75.4 Å². The van der Waals surface area contributed by atoms with Gasteiger partial charge in [0.25, 0.3) is 0 Å². The Bertz CT molecular complexity index is 1490. The number of nitrogens with one attached hydrogen (secondary N) is 2. The number of amides is 2. The molecule has 1 heterocycles. The number of carbonyl (C=O) groups excluding carboxylic acids is 4. The molecule has 0 fully saturated rings. The van der Waals surface area contributed by atoms with Gasteiger partial charge in [-0.3, -0.25) is 14.4 Å². The molecule has 1 aliphatic heterocycles. The van der Waals surface area contributed by atoms with Crippen molar-refractivity contribution in [3.05, 3.63) is 82.7 Å². The molecule has 0 saturated carbocycles. The fourth-order valence-corrected chi connectivity index (χ4v) is 5.09. The van der Waals surface area contributed by atoms with Crippen LogP contribution in [0.25, 0.3) is 6.08 Å². The third kappa shape index (κ3) is 11.2. The Hall–Kier alpha value is -4.18. The zero-order valence-electron chi connectivity index (χ0n) is 27.7. The average Bonchev–Trinajstić information content (AvgIpc) is 3.01. The van der Waals surface area contributed by atoms with Gasteiger partial charge < -0.3 is 24.8 Å². The third-order valence-corrected chi connectivity index (χ3v) is 8.02. The monoisotopic (exact) mass is 670 g/mol. The van der Waals surface area contributed by atoms with Crippen LogP contribution in [0.1, 0.15) is 58.6 Å². The molecule has 1 aliphatic rings. The molecule has 2 N–H and O–H groups in total. The Labute approximate surface area is 280 Å². The molecule has 2 amide bonds. The van der Waals surface area contributed by atoms with E-state index in [9.17, 15) is 23.6 Å². The van der Waals surface area contributed by atoms with E-state index in [1.165, 1.54) is 19.3 Å². The van der Waals surface area contributed by atoms with E-state index in [4.69, 9.17) is 25.8 Å². The van der Waals surface area contributed by atoms with Gasteiger partial charge in [-0.1, -0.05) is 74.9 Å². The van der Waals surface area contributed by atoms with Crippen LogP contribution in [0.5, 0.6) is 5.75 Å². The maximum Gasteiger partial charge on any atom is 0.347 e. The predicted octanol–water partition coefficient (Wildman–Crippen LogP) is 5.84. The highest BCUT2D eigenvalue weighted by Gasteiger charge is 2.37. The van der Waals surface area contributed by atoms with Crippen LogP contribution in [0.3, 0.4) is 0 Å². The number of esters is 2. The van der Waals surface area contributed by atoms with Crippen molar-refractivity contribution in [2.24, 2.45) is 17.3 Å². The van der Waals surface area contributed by atoms with Crippen LogP contribution in [-0.4, -0.2) is 55.7 Å². The lowest BCUT2D eigenvalue weighted by Crippen LogP contribution is -2.51. The van der Waals surface area contributed by atoms with Crippen molar-refractivity contribution in [1.82, 2.24) is 10.6 Å². The molecule has 9 nitrogen and oxygen atoms in total. The van der Waals surface area contributed by atoms with Crippen LogP contribution >= 0.6 is 11.6 Å². The van der Waals surface area contributed by atoms with E-state index in [1.807, 2.05) is 13.8 Å². The topological polar surface area (TPSA) is 120 Å². The molecule has 0 spiro atoms. The number of rotatable bonds is 8. The summed E-state index contributed by atoms with van der Waals surface area (Å²) >= 11 is 6.30. The van der Waals surface area contributed by atoms with Crippen LogP contribution < -0.4 is 15.4 Å². The van der Waals surface area contributed by atoms with Crippen LogP contribution in [-0.2, 0) is 35.1 Å². The SMILES string of the molecule is COc1ccc(C[C@H]2NC(=O)/C=C/C[C@@H]([C@H](C)/C=C/c3ccccc3F)OC(=O)[C@H](CC(C)C)OC(=O)C(C)(C)CNC2=O)cc1Cl.